The Morgan fingerprint density at radius 3 is 2.56 bits per heavy atom. The van der Waals surface area contributed by atoms with Crippen molar-refractivity contribution >= 4 is 5.91 Å². The molecule has 5 nitrogen and oxygen atoms in total. The van der Waals surface area contributed by atoms with Gasteiger partial charge in [-0.3, -0.25) is 9.48 Å². The molecule has 1 fully saturated rings. The predicted octanol–water partition coefficient (Wildman–Crippen LogP) is 3.15. The molecule has 0 unspecified atom stereocenters. The molecule has 0 bridgehead atoms. The van der Waals surface area contributed by atoms with Crippen molar-refractivity contribution in [1.29, 1.82) is 0 Å². The summed E-state index contributed by atoms with van der Waals surface area (Å²) in [5.41, 5.74) is 2.69. The minimum Gasteiger partial charge on any atom is -0.355 e. The lowest BCUT2D eigenvalue weighted by Gasteiger charge is -2.19. The van der Waals surface area contributed by atoms with Crippen LogP contribution >= 0.6 is 0 Å². The van der Waals surface area contributed by atoms with Gasteiger partial charge in [-0.2, -0.15) is 5.10 Å². The van der Waals surface area contributed by atoms with E-state index in [-0.39, 0.29) is 11.7 Å². The lowest BCUT2D eigenvalue weighted by atomic mass is 10.0. The minimum atomic E-state index is -0.264. The number of nitrogens with one attached hydrogen (secondary N) is 1. The van der Waals surface area contributed by atoms with Crippen LogP contribution in [0.5, 0.6) is 0 Å². The van der Waals surface area contributed by atoms with E-state index >= 15 is 0 Å². The number of benzene rings is 1. The third kappa shape index (κ3) is 5.89. The molecule has 1 aromatic carbocycles. The molecule has 0 aliphatic carbocycles. The van der Waals surface area contributed by atoms with Crippen molar-refractivity contribution in [3.8, 4) is 11.3 Å². The Labute approximate surface area is 160 Å². The molecule has 1 N–H and O–H groups in total. The van der Waals surface area contributed by atoms with Crippen LogP contribution in [0.2, 0.25) is 0 Å². The number of rotatable bonds is 7. The van der Waals surface area contributed by atoms with Crippen molar-refractivity contribution in [2.24, 2.45) is 7.05 Å². The van der Waals surface area contributed by atoms with Gasteiger partial charge in [0.1, 0.15) is 5.82 Å². The lowest BCUT2D eigenvalue weighted by Crippen LogP contribution is -2.35. The first-order chi connectivity index (χ1) is 13.1. The number of amides is 1. The number of halogens is 1. The zero-order chi connectivity index (χ0) is 19.1. The van der Waals surface area contributed by atoms with Crippen LogP contribution in [0.15, 0.2) is 30.5 Å². The first-order valence-corrected chi connectivity index (χ1v) is 9.89. The van der Waals surface area contributed by atoms with Gasteiger partial charge < -0.3 is 10.2 Å². The van der Waals surface area contributed by atoms with Gasteiger partial charge in [0.25, 0.3) is 0 Å². The van der Waals surface area contributed by atoms with Crippen LogP contribution in [0.3, 0.4) is 0 Å². The summed E-state index contributed by atoms with van der Waals surface area (Å²) in [6, 6.07) is 6.32. The second-order valence-electron chi connectivity index (χ2n) is 7.29. The van der Waals surface area contributed by atoms with E-state index in [0.29, 0.717) is 19.4 Å². The standard InChI is InChI=1S/C21H29FN4O/c1-25-16-18(21(24-25)17-6-9-19(22)10-7-17)8-11-20(27)23-12-15-26-13-4-2-3-5-14-26/h6-7,9-10,16H,2-5,8,11-15H2,1H3,(H,23,27). The average Bonchev–Trinajstić information content (AvgIpc) is 2.85. The molecule has 1 amide bonds. The second kappa shape index (κ2) is 9.65. The molecule has 27 heavy (non-hydrogen) atoms. The van der Waals surface area contributed by atoms with E-state index in [9.17, 15) is 9.18 Å². The van der Waals surface area contributed by atoms with Crippen molar-refractivity contribution in [2.45, 2.75) is 38.5 Å². The highest BCUT2D eigenvalue weighted by atomic mass is 19.1. The fraction of sp³-hybridized carbons (Fsp3) is 0.524. The molecule has 0 radical (unpaired) electrons. The van der Waals surface area contributed by atoms with Gasteiger partial charge in [-0.05, 0) is 62.2 Å². The van der Waals surface area contributed by atoms with E-state index in [2.05, 4.69) is 15.3 Å². The van der Waals surface area contributed by atoms with Gasteiger partial charge in [0, 0.05) is 38.3 Å². The minimum absolute atomic E-state index is 0.0683. The maximum absolute atomic E-state index is 13.2. The largest absolute Gasteiger partial charge is 0.355 e. The Bertz CT molecular complexity index is 733. The van der Waals surface area contributed by atoms with Gasteiger partial charge in [-0.25, -0.2) is 4.39 Å². The van der Waals surface area contributed by atoms with Crippen LogP contribution in [-0.2, 0) is 18.3 Å². The Kier molecular flexibility index (Phi) is 6.98. The molecule has 0 spiro atoms. The van der Waals surface area contributed by atoms with Crippen LogP contribution in [-0.4, -0.2) is 46.8 Å². The summed E-state index contributed by atoms with van der Waals surface area (Å²) in [5.74, 6) is -0.196. The topological polar surface area (TPSA) is 50.2 Å². The molecule has 1 saturated heterocycles. The van der Waals surface area contributed by atoms with Gasteiger partial charge in [-0.15, -0.1) is 0 Å². The number of aryl methyl sites for hydroxylation is 2. The van der Waals surface area contributed by atoms with Gasteiger partial charge in [-0.1, -0.05) is 12.8 Å². The molecule has 0 atom stereocenters. The molecular weight excluding hydrogens is 343 g/mol. The van der Waals surface area contributed by atoms with Crippen molar-refractivity contribution in [2.75, 3.05) is 26.2 Å². The third-order valence-electron chi connectivity index (χ3n) is 5.09. The molecule has 146 valence electrons. The molecule has 1 aliphatic rings. The summed E-state index contributed by atoms with van der Waals surface area (Å²) in [6.45, 7) is 3.93. The second-order valence-corrected chi connectivity index (χ2v) is 7.29. The highest BCUT2D eigenvalue weighted by molar-refractivity contribution is 5.76. The summed E-state index contributed by atoms with van der Waals surface area (Å²) < 4.78 is 14.9. The van der Waals surface area contributed by atoms with E-state index < -0.39 is 0 Å². The number of likely N-dealkylation sites (tertiary alicyclic amines) is 1. The SMILES string of the molecule is Cn1cc(CCC(=O)NCCN2CCCCCC2)c(-c2ccc(F)cc2)n1. The van der Waals surface area contributed by atoms with Gasteiger partial charge in [0.05, 0.1) is 5.69 Å². The quantitative estimate of drug-likeness (QED) is 0.812. The van der Waals surface area contributed by atoms with Crippen molar-refractivity contribution < 1.29 is 9.18 Å². The molecule has 0 saturated carbocycles. The zero-order valence-corrected chi connectivity index (χ0v) is 16.1. The summed E-state index contributed by atoms with van der Waals surface area (Å²) in [7, 11) is 1.86. The van der Waals surface area contributed by atoms with E-state index in [1.807, 2.05) is 13.2 Å². The predicted molar refractivity (Wildman–Crippen MR) is 105 cm³/mol. The molecule has 2 aromatic rings. The normalized spacial score (nSPS) is 15.5. The fourth-order valence-electron chi connectivity index (χ4n) is 3.62. The molecule has 6 heteroatoms. The summed E-state index contributed by atoms with van der Waals surface area (Å²) in [6.07, 6.45) is 8.16. The lowest BCUT2D eigenvalue weighted by molar-refractivity contribution is -0.121. The van der Waals surface area contributed by atoms with Crippen molar-refractivity contribution in [3.63, 3.8) is 0 Å². The highest BCUT2D eigenvalue weighted by Crippen LogP contribution is 2.23. The van der Waals surface area contributed by atoms with Crippen LogP contribution in [0, 0.1) is 5.82 Å². The zero-order valence-electron chi connectivity index (χ0n) is 16.1. The third-order valence-corrected chi connectivity index (χ3v) is 5.09. The van der Waals surface area contributed by atoms with Crippen molar-refractivity contribution in [1.82, 2.24) is 20.0 Å². The maximum Gasteiger partial charge on any atom is 0.220 e. The highest BCUT2D eigenvalue weighted by Gasteiger charge is 2.13. The molecular formula is C21H29FN4O. The number of aromatic nitrogens is 2. The Morgan fingerprint density at radius 2 is 1.85 bits per heavy atom. The number of hydrogen-bond donors (Lipinski definition) is 1. The smallest absolute Gasteiger partial charge is 0.220 e. The number of carbonyl (C=O) groups is 1. The van der Waals surface area contributed by atoms with Gasteiger partial charge in [0.15, 0.2) is 0 Å². The van der Waals surface area contributed by atoms with E-state index in [1.54, 1.807) is 16.8 Å². The number of nitrogens with zero attached hydrogens (tertiary/aromatic N) is 3. The molecule has 1 aliphatic heterocycles. The monoisotopic (exact) mass is 372 g/mol. The first kappa shape index (κ1) is 19.5. The van der Waals surface area contributed by atoms with Crippen molar-refractivity contribution in [3.05, 3.63) is 41.8 Å². The number of hydrogen-bond acceptors (Lipinski definition) is 3. The van der Waals surface area contributed by atoms with Gasteiger partial charge in [0.2, 0.25) is 5.91 Å². The Hall–Kier alpha value is -2.21. The Balaban J connectivity index is 1.48. The van der Waals surface area contributed by atoms with Crippen LogP contribution in [0.25, 0.3) is 11.3 Å². The van der Waals surface area contributed by atoms with E-state index in [4.69, 9.17) is 0 Å². The molecule has 2 heterocycles. The van der Waals surface area contributed by atoms with Crippen LogP contribution < -0.4 is 5.32 Å². The fourth-order valence-corrected chi connectivity index (χ4v) is 3.62. The van der Waals surface area contributed by atoms with Crippen LogP contribution in [0.4, 0.5) is 4.39 Å². The summed E-state index contributed by atoms with van der Waals surface area (Å²) >= 11 is 0. The summed E-state index contributed by atoms with van der Waals surface area (Å²) in [4.78, 5) is 14.7. The average molecular weight is 372 g/mol. The molecule has 3 rings (SSSR count). The summed E-state index contributed by atoms with van der Waals surface area (Å²) in [5, 5.41) is 7.51. The van der Waals surface area contributed by atoms with Gasteiger partial charge >= 0.3 is 0 Å². The van der Waals surface area contributed by atoms with Crippen LogP contribution in [0.1, 0.15) is 37.7 Å². The maximum atomic E-state index is 13.2. The van der Waals surface area contributed by atoms with E-state index in [1.165, 1.54) is 37.8 Å². The molecule has 1 aromatic heterocycles. The Morgan fingerprint density at radius 1 is 1.15 bits per heavy atom. The first-order valence-electron chi connectivity index (χ1n) is 9.89. The van der Waals surface area contributed by atoms with E-state index in [0.717, 1.165) is 36.5 Å². The number of carbonyl (C=O) groups excluding carboxylic acids is 1.